The fourth-order valence-electron chi connectivity index (χ4n) is 2.12. The van der Waals surface area contributed by atoms with Gasteiger partial charge in [0.1, 0.15) is 5.82 Å². The number of sulfonamides is 1. The van der Waals surface area contributed by atoms with Gasteiger partial charge in [0.05, 0.1) is 4.90 Å². The van der Waals surface area contributed by atoms with Crippen LogP contribution in [0.25, 0.3) is 0 Å². The van der Waals surface area contributed by atoms with E-state index < -0.39 is 15.8 Å². The zero-order valence-electron chi connectivity index (χ0n) is 10.8. The van der Waals surface area contributed by atoms with E-state index in [4.69, 9.17) is 0 Å². The molecule has 1 aliphatic rings. The van der Waals surface area contributed by atoms with E-state index in [1.54, 1.807) is 0 Å². The van der Waals surface area contributed by atoms with E-state index in [0.29, 0.717) is 0 Å². The third kappa shape index (κ3) is 2.63. The molecule has 4 nitrogen and oxygen atoms in total. The average molecular weight is 285 g/mol. The molecule has 104 valence electrons. The van der Waals surface area contributed by atoms with Gasteiger partial charge in [-0.2, -0.15) is 0 Å². The summed E-state index contributed by atoms with van der Waals surface area (Å²) < 4.78 is 38.3. The van der Waals surface area contributed by atoms with E-state index in [0.717, 1.165) is 16.4 Å². The summed E-state index contributed by atoms with van der Waals surface area (Å²) in [5, 5.41) is 0. The molecule has 0 aliphatic carbocycles. The molecule has 1 aliphatic heterocycles. The van der Waals surface area contributed by atoms with Crippen LogP contribution in [0.1, 0.15) is 20.3 Å². The van der Waals surface area contributed by atoms with E-state index >= 15 is 0 Å². The predicted octanol–water partition coefficient (Wildman–Crippen LogP) is 2.02. The molecule has 0 bridgehead atoms. The third-order valence-corrected chi connectivity index (χ3v) is 5.26. The number of amides is 1. The minimum absolute atomic E-state index is 0.0442. The largest absolute Gasteiger partial charge is 0.274 e. The maximum Gasteiger partial charge on any atom is 0.266 e. The molecule has 0 saturated carbocycles. The second kappa shape index (κ2) is 4.92. The summed E-state index contributed by atoms with van der Waals surface area (Å²) in [6, 6.07) is 4.52. The molecule has 19 heavy (non-hydrogen) atoms. The smallest absolute Gasteiger partial charge is 0.266 e. The van der Waals surface area contributed by atoms with Gasteiger partial charge in [0, 0.05) is 13.0 Å². The summed E-state index contributed by atoms with van der Waals surface area (Å²) in [5.74, 6) is -0.602. The van der Waals surface area contributed by atoms with Crippen molar-refractivity contribution in [1.82, 2.24) is 4.31 Å². The normalized spacial score (nSPS) is 20.3. The number of nitrogens with zero attached hydrogens (tertiary/aromatic N) is 1. The molecule has 1 amide bonds. The van der Waals surface area contributed by atoms with Gasteiger partial charge in [-0.15, -0.1) is 0 Å². The third-order valence-electron chi connectivity index (χ3n) is 3.46. The minimum atomic E-state index is -3.85. The van der Waals surface area contributed by atoms with Crippen LogP contribution in [0.3, 0.4) is 0 Å². The van der Waals surface area contributed by atoms with Crippen molar-refractivity contribution in [3.63, 3.8) is 0 Å². The van der Waals surface area contributed by atoms with Gasteiger partial charge in [0.15, 0.2) is 0 Å². The summed E-state index contributed by atoms with van der Waals surface area (Å²) in [7, 11) is -3.85. The second-order valence-electron chi connectivity index (χ2n) is 5.09. The van der Waals surface area contributed by atoms with E-state index in [-0.39, 0.29) is 35.6 Å². The number of halogens is 1. The lowest BCUT2D eigenvalue weighted by molar-refractivity contribution is -0.123. The van der Waals surface area contributed by atoms with Gasteiger partial charge >= 0.3 is 0 Å². The van der Waals surface area contributed by atoms with Crippen LogP contribution in [0.5, 0.6) is 0 Å². The molecular formula is C13H16FNO3S. The molecule has 0 N–H and O–H groups in total. The molecular weight excluding hydrogens is 269 g/mol. The molecule has 1 fully saturated rings. The van der Waals surface area contributed by atoms with Crippen LogP contribution >= 0.6 is 0 Å². The van der Waals surface area contributed by atoms with Gasteiger partial charge in [-0.25, -0.2) is 17.1 Å². The van der Waals surface area contributed by atoms with Crippen LogP contribution in [0.4, 0.5) is 4.39 Å². The van der Waals surface area contributed by atoms with E-state index in [9.17, 15) is 17.6 Å². The number of rotatable bonds is 3. The van der Waals surface area contributed by atoms with Crippen molar-refractivity contribution in [2.45, 2.75) is 25.2 Å². The Morgan fingerprint density at radius 2 is 1.84 bits per heavy atom. The molecule has 1 atom stereocenters. The van der Waals surface area contributed by atoms with E-state index in [1.807, 2.05) is 13.8 Å². The standard InChI is InChI=1S/C13H16FNO3S/c1-9(2)10-7-13(16)15(8-10)19(17,18)12-5-3-11(14)4-6-12/h3-6,9-10H,7-8H2,1-2H3. The minimum Gasteiger partial charge on any atom is -0.274 e. The van der Waals surface area contributed by atoms with Gasteiger partial charge in [-0.05, 0) is 36.1 Å². The van der Waals surface area contributed by atoms with Crippen molar-refractivity contribution < 1.29 is 17.6 Å². The van der Waals surface area contributed by atoms with Gasteiger partial charge < -0.3 is 0 Å². The summed E-state index contributed by atoms with van der Waals surface area (Å²) in [4.78, 5) is 11.8. The predicted molar refractivity (Wildman–Crippen MR) is 68.2 cm³/mol. The Hall–Kier alpha value is -1.43. The Bertz CT molecular complexity index is 580. The SMILES string of the molecule is CC(C)C1CC(=O)N(S(=O)(=O)c2ccc(F)cc2)C1. The highest BCUT2D eigenvalue weighted by Gasteiger charge is 2.39. The molecule has 1 heterocycles. The van der Waals surface area contributed by atoms with Crippen molar-refractivity contribution >= 4 is 15.9 Å². The Morgan fingerprint density at radius 3 is 2.32 bits per heavy atom. The Balaban J connectivity index is 2.30. The highest BCUT2D eigenvalue weighted by molar-refractivity contribution is 7.89. The average Bonchev–Trinajstić information content (AvgIpc) is 2.73. The zero-order chi connectivity index (χ0) is 14.2. The van der Waals surface area contributed by atoms with Crippen molar-refractivity contribution in [3.05, 3.63) is 30.1 Å². The highest BCUT2D eigenvalue weighted by atomic mass is 32.2. The first kappa shape index (κ1) is 14.0. The molecule has 1 aromatic carbocycles. The Labute approximate surface area is 112 Å². The van der Waals surface area contributed by atoms with Gasteiger partial charge in [-0.3, -0.25) is 4.79 Å². The summed E-state index contributed by atoms with van der Waals surface area (Å²) >= 11 is 0. The van der Waals surface area contributed by atoms with Crippen LogP contribution < -0.4 is 0 Å². The quantitative estimate of drug-likeness (QED) is 0.853. The molecule has 1 unspecified atom stereocenters. The summed E-state index contributed by atoms with van der Waals surface area (Å²) in [5.41, 5.74) is 0. The lowest BCUT2D eigenvalue weighted by atomic mass is 9.95. The van der Waals surface area contributed by atoms with Crippen LogP contribution in [0, 0.1) is 17.7 Å². The van der Waals surface area contributed by atoms with Crippen LogP contribution in [-0.4, -0.2) is 25.2 Å². The fraction of sp³-hybridized carbons (Fsp3) is 0.462. The summed E-state index contributed by atoms with van der Waals surface area (Å²) in [6.45, 7) is 4.13. The molecule has 1 aromatic rings. The number of hydrogen-bond donors (Lipinski definition) is 0. The van der Waals surface area contributed by atoms with Gasteiger partial charge in [0.2, 0.25) is 5.91 Å². The molecule has 0 aromatic heterocycles. The topological polar surface area (TPSA) is 54.5 Å². The number of carbonyl (C=O) groups is 1. The van der Waals surface area contributed by atoms with Crippen molar-refractivity contribution in [2.75, 3.05) is 6.54 Å². The molecule has 1 saturated heterocycles. The monoisotopic (exact) mass is 285 g/mol. The van der Waals surface area contributed by atoms with Gasteiger partial charge in [0.25, 0.3) is 10.0 Å². The molecule has 6 heteroatoms. The fourth-order valence-corrected chi connectivity index (χ4v) is 3.58. The first-order valence-corrected chi connectivity index (χ1v) is 7.57. The van der Waals surface area contributed by atoms with Crippen molar-refractivity contribution in [1.29, 1.82) is 0 Å². The van der Waals surface area contributed by atoms with Gasteiger partial charge in [-0.1, -0.05) is 13.8 Å². The van der Waals surface area contributed by atoms with Crippen molar-refractivity contribution in [2.24, 2.45) is 11.8 Å². The molecule has 2 rings (SSSR count). The lowest BCUT2D eigenvalue weighted by Crippen LogP contribution is -2.32. The van der Waals surface area contributed by atoms with Crippen LogP contribution in [0.15, 0.2) is 29.2 Å². The van der Waals surface area contributed by atoms with E-state index in [2.05, 4.69) is 0 Å². The number of hydrogen-bond acceptors (Lipinski definition) is 3. The Kier molecular flexibility index (Phi) is 3.62. The van der Waals surface area contributed by atoms with Crippen LogP contribution in [0.2, 0.25) is 0 Å². The first-order valence-electron chi connectivity index (χ1n) is 6.13. The zero-order valence-corrected chi connectivity index (χ0v) is 11.7. The van der Waals surface area contributed by atoms with Crippen LogP contribution in [-0.2, 0) is 14.8 Å². The highest BCUT2D eigenvalue weighted by Crippen LogP contribution is 2.29. The number of benzene rings is 1. The first-order chi connectivity index (χ1) is 8.82. The lowest BCUT2D eigenvalue weighted by Gasteiger charge is -2.18. The Morgan fingerprint density at radius 1 is 1.26 bits per heavy atom. The second-order valence-corrected chi connectivity index (χ2v) is 6.95. The molecule has 0 radical (unpaired) electrons. The maximum absolute atomic E-state index is 12.8. The summed E-state index contributed by atoms with van der Waals surface area (Å²) in [6.07, 6.45) is 0.248. The van der Waals surface area contributed by atoms with E-state index in [1.165, 1.54) is 12.1 Å². The number of carbonyl (C=O) groups excluding carboxylic acids is 1. The molecule has 0 spiro atoms. The maximum atomic E-state index is 12.8. The van der Waals surface area contributed by atoms with Crippen molar-refractivity contribution in [3.8, 4) is 0 Å².